The third-order valence-electron chi connectivity index (χ3n) is 2.93. The quantitative estimate of drug-likeness (QED) is 0.485. The Labute approximate surface area is 103 Å². The van der Waals surface area contributed by atoms with Crippen LogP contribution in [0.1, 0.15) is 11.1 Å². The van der Waals surface area contributed by atoms with Crippen LogP contribution in [-0.2, 0) is 0 Å². The van der Waals surface area contributed by atoms with Crippen molar-refractivity contribution in [2.75, 3.05) is 10.6 Å². The Morgan fingerprint density at radius 2 is 1.50 bits per heavy atom. The van der Waals surface area contributed by atoms with Gasteiger partial charge >= 0.3 is 0 Å². The summed E-state index contributed by atoms with van der Waals surface area (Å²) in [5, 5.41) is 32.4. The second-order valence-corrected chi connectivity index (χ2v) is 4.35. The summed E-state index contributed by atoms with van der Waals surface area (Å²) in [7, 11) is 0. The number of hydrogen-bond acceptors (Lipinski definition) is 6. The molecule has 3 rings (SSSR count). The molecule has 1 aliphatic heterocycles. The molecule has 2 aromatic rings. The Bertz CT molecular complexity index is 655. The Morgan fingerprint density at radius 1 is 0.889 bits per heavy atom. The van der Waals surface area contributed by atoms with E-state index in [0.29, 0.717) is 11.4 Å². The molecule has 0 unspecified atom stereocenters. The summed E-state index contributed by atoms with van der Waals surface area (Å²) in [4.78, 5) is 0. The van der Waals surface area contributed by atoms with E-state index in [4.69, 9.17) is 0 Å². The molecule has 0 fully saturated rings. The van der Waals surface area contributed by atoms with Gasteiger partial charge in [0.05, 0.1) is 11.4 Å². The van der Waals surface area contributed by atoms with Gasteiger partial charge in [-0.1, -0.05) is 6.07 Å². The summed E-state index contributed by atoms with van der Waals surface area (Å²) in [6.07, 6.45) is 0. The van der Waals surface area contributed by atoms with Gasteiger partial charge in [0.25, 0.3) is 11.8 Å². The Hall–Kier alpha value is -2.50. The lowest BCUT2D eigenvalue weighted by Crippen LogP contribution is -2.10. The van der Waals surface area contributed by atoms with E-state index in [0.717, 1.165) is 22.5 Å². The molecule has 1 aliphatic rings. The molecule has 0 amide bonds. The van der Waals surface area contributed by atoms with Crippen LogP contribution in [0.3, 0.4) is 0 Å². The van der Waals surface area contributed by atoms with E-state index in [1.54, 1.807) is 0 Å². The maximum Gasteiger partial charge on any atom is 0.257 e. The fourth-order valence-corrected chi connectivity index (χ4v) is 2.15. The SMILES string of the molecule is Cc1cc(C)c2c(c1)Nc1c(O)nnc(O)c1N2. The summed E-state index contributed by atoms with van der Waals surface area (Å²) in [6.45, 7) is 3.96. The molecule has 0 saturated carbocycles. The smallest absolute Gasteiger partial charge is 0.257 e. The average Bonchev–Trinajstić information content (AvgIpc) is 2.32. The van der Waals surface area contributed by atoms with Crippen molar-refractivity contribution in [2.45, 2.75) is 13.8 Å². The lowest BCUT2D eigenvalue weighted by Gasteiger charge is -2.25. The molecule has 6 nitrogen and oxygen atoms in total. The van der Waals surface area contributed by atoms with Crippen molar-refractivity contribution in [3.8, 4) is 11.8 Å². The number of anilines is 4. The van der Waals surface area contributed by atoms with Gasteiger partial charge < -0.3 is 20.8 Å². The Kier molecular flexibility index (Phi) is 2.07. The molecule has 1 aromatic heterocycles. The van der Waals surface area contributed by atoms with Crippen molar-refractivity contribution in [3.05, 3.63) is 23.3 Å². The van der Waals surface area contributed by atoms with Crippen LogP contribution in [0.25, 0.3) is 0 Å². The highest BCUT2D eigenvalue weighted by Crippen LogP contribution is 2.46. The zero-order valence-electron chi connectivity index (χ0n) is 9.94. The van der Waals surface area contributed by atoms with Crippen molar-refractivity contribution in [1.82, 2.24) is 10.2 Å². The minimum atomic E-state index is -0.250. The molecule has 0 aliphatic carbocycles. The molecular formula is C12H12N4O2. The van der Waals surface area contributed by atoms with Gasteiger partial charge in [0.1, 0.15) is 11.4 Å². The zero-order chi connectivity index (χ0) is 12.9. The van der Waals surface area contributed by atoms with E-state index in [-0.39, 0.29) is 11.8 Å². The fourth-order valence-electron chi connectivity index (χ4n) is 2.15. The topological polar surface area (TPSA) is 90.3 Å². The number of nitrogens with zero attached hydrogens (tertiary/aromatic N) is 2. The van der Waals surface area contributed by atoms with Crippen LogP contribution in [0.5, 0.6) is 11.8 Å². The minimum absolute atomic E-state index is 0.249. The number of aromatic hydroxyl groups is 2. The van der Waals surface area contributed by atoms with Gasteiger partial charge in [-0.25, -0.2) is 0 Å². The summed E-state index contributed by atoms with van der Waals surface area (Å²) in [6, 6.07) is 3.99. The number of aromatic nitrogens is 2. The van der Waals surface area contributed by atoms with Gasteiger partial charge in [0.15, 0.2) is 0 Å². The first-order valence-corrected chi connectivity index (χ1v) is 5.50. The largest absolute Gasteiger partial charge is 0.491 e. The maximum atomic E-state index is 9.66. The first-order valence-electron chi connectivity index (χ1n) is 5.50. The number of benzene rings is 1. The highest BCUT2D eigenvalue weighted by Gasteiger charge is 2.23. The standard InChI is InChI=1S/C12H12N4O2/c1-5-3-6(2)8-7(4-5)13-9-10(14-8)12(18)16-15-11(9)17/h3-4,13-14H,1-2H3,(H,15,17)(H,16,18). The zero-order valence-corrected chi connectivity index (χ0v) is 9.94. The van der Waals surface area contributed by atoms with E-state index >= 15 is 0 Å². The number of aryl methyl sites for hydroxylation is 2. The lowest BCUT2D eigenvalue weighted by molar-refractivity contribution is 0.418. The van der Waals surface area contributed by atoms with Crippen LogP contribution in [0.15, 0.2) is 12.1 Å². The predicted molar refractivity (Wildman–Crippen MR) is 67.8 cm³/mol. The molecule has 18 heavy (non-hydrogen) atoms. The Balaban J connectivity index is 2.21. The lowest BCUT2D eigenvalue weighted by atomic mass is 10.1. The molecule has 0 bridgehead atoms. The molecule has 92 valence electrons. The van der Waals surface area contributed by atoms with E-state index in [1.807, 2.05) is 26.0 Å². The fraction of sp³-hybridized carbons (Fsp3) is 0.167. The average molecular weight is 244 g/mol. The van der Waals surface area contributed by atoms with Crippen LogP contribution in [0.4, 0.5) is 22.7 Å². The molecule has 6 heteroatoms. The van der Waals surface area contributed by atoms with Gasteiger partial charge in [0, 0.05) is 0 Å². The monoisotopic (exact) mass is 244 g/mol. The molecule has 1 aromatic carbocycles. The second-order valence-electron chi connectivity index (χ2n) is 4.35. The maximum absolute atomic E-state index is 9.66. The van der Waals surface area contributed by atoms with Gasteiger partial charge in [-0.2, -0.15) is 0 Å². The highest BCUT2D eigenvalue weighted by molar-refractivity contribution is 5.95. The van der Waals surface area contributed by atoms with Crippen molar-refractivity contribution < 1.29 is 10.2 Å². The molecule has 2 heterocycles. The minimum Gasteiger partial charge on any atom is -0.491 e. The van der Waals surface area contributed by atoms with Crippen molar-refractivity contribution in [1.29, 1.82) is 0 Å². The third kappa shape index (κ3) is 1.42. The van der Waals surface area contributed by atoms with Gasteiger partial charge in [-0.05, 0) is 31.0 Å². The summed E-state index contributed by atoms with van der Waals surface area (Å²) < 4.78 is 0. The molecule has 0 saturated heterocycles. The number of nitrogens with one attached hydrogen (secondary N) is 2. The van der Waals surface area contributed by atoms with Gasteiger partial charge in [0.2, 0.25) is 0 Å². The van der Waals surface area contributed by atoms with E-state index in [1.165, 1.54) is 0 Å². The van der Waals surface area contributed by atoms with E-state index < -0.39 is 0 Å². The number of rotatable bonds is 0. The highest BCUT2D eigenvalue weighted by atomic mass is 16.3. The van der Waals surface area contributed by atoms with Crippen molar-refractivity contribution >= 4 is 22.7 Å². The molecule has 0 radical (unpaired) electrons. The van der Waals surface area contributed by atoms with Crippen LogP contribution >= 0.6 is 0 Å². The molecular weight excluding hydrogens is 232 g/mol. The second kappa shape index (κ2) is 3.49. The predicted octanol–water partition coefficient (Wildman–Crippen LogP) is 2.31. The first-order chi connectivity index (χ1) is 8.56. The summed E-state index contributed by atoms with van der Waals surface area (Å²) in [5.41, 5.74) is 4.51. The van der Waals surface area contributed by atoms with Gasteiger partial charge in [-0.15, -0.1) is 10.2 Å². The van der Waals surface area contributed by atoms with Crippen molar-refractivity contribution in [2.24, 2.45) is 0 Å². The molecule has 4 N–H and O–H groups in total. The van der Waals surface area contributed by atoms with Crippen LogP contribution in [0, 0.1) is 13.8 Å². The van der Waals surface area contributed by atoms with E-state index in [2.05, 4.69) is 20.8 Å². The Morgan fingerprint density at radius 3 is 2.17 bits per heavy atom. The molecule has 0 spiro atoms. The van der Waals surface area contributed by atoms with Crippen LogP contribution < -0.4 is 10.6 Å². The van der Waals surface area contributed by atoms with Crippen LogP contribution in [-0.4, -0.2) is 20.4 Å². The number of fused-ring (bicyclic) bond motifs is 2. The van der Waals surface area contributed by atoms with E-state index in [9.17, 15) is 10.2 Å². The summed E-state index contributed by atoms with van der Waals surface area (Å²) >= 11 is 0. The third-order valence-corrected chi connectivity index (χ3v) is 2.93. The normalized spacial score (nSPS) is 12.1. The first kappa shape index (κ1) is 10.6. The summed E-state index contributed by atoms with van der Waals surface area (Å²) in [5.74, 6) is -0.499. The van der Waals surface area contributed by atoms with Crippen molar-refractivity contribution in [3.63, 3.8) is 0 Å². The molecule has 0 atom stereocenters. The van der Waals surface area contributed by atoms with Gasteiger partial charge in [-0.3, -0.25) is 0 Å². The number of hydrogen-bond donors (Lipinski definition) is 4. The van der Waals surface area contributed by atoms with Crippen LogP contribution in [0.2, 0.25) is 0 Å².